The summed E-state index contributed by atoms with van der Waals surface area (Å²) in [5.41, 5.74) is 0.357. The summed E-state index contributed by atoms with van der Waals surface area (Å²) in [6.07, 6.45) is 1.41. The van der Waals surface area contributed by atoms with Crippen molar-refractivity contribution >= 4 is 5.82 Å². The van der Waals surface area contributed by atoms with Crippen molar-refractivity contribution in [1.29, 1.82) is 0 Å². The van der Waals surface area contributed by atoms with E-state index in [0.717, 1.165) is 24.6 Å². The molecule has 1 aliphatic heterocycles. The summed E-state index contributed by atoms with van der Waals surface area (Å²) in [5, 5.41) is 2.90. The molecule has 4 nitrogen and oxygen atoms in total. The summed E-state index contributed by atoms with van der Waals surface area (Å²) < 4.78 is 39.2. The quantitative estimate of drug-likeness (QED) is 0.926. The highest BCUT2D eigenvalue weighted by Crippen LogP contribution is 2.37. The van der Waals surface area contributed by atoms with Crippen molar-refractivity contribution in [3.05, 3.63) is 54.0 Å². The lowest BCUT2D eigenvalue weighted by Crippen LogP contribution is -2.25. The van der Waals surface area contributed by atoms with Crippen molar-refractivity contribution < 1.29 is 13.2 Å². The second kappa shape index (κ2) is 6.76. The summed E-state index contributed by atoms with van der Waals surface area (Å²) in [4.78, 5) is 10.2. The van der Waals surface area contributed by atoms with E-state index in [4.69, 9.17) is 0 Å². The third kappa shape index (κ3) is 3.51. The number of pyridine rings is 2. The maximum atomic E-state index is 13.1. The Kier molecular flexibility index (Phi) is 4.71. The van der Waals surface area contributed by atoms with Crippen molar-refractivity contribution in [1.82, 2.24) is 14.9 Å². The second-order valence-corrected chi connectivity index (χ2v) is 6.04. The fraction of sp³-hybridized carbons (Fsp3) is 0.412. The number of likely N-dealkylation sites (tertiary alicyclic amines) is 1. The van der Waals surface area contributed by atoms with Gasteiger partial charge in [-0.15, -0.1) is 0 Å². The highest BCUT2D eigenvalue weighted by Gasteiger charge is 2.36. The number of halogens is 3. The highest BCUT2D eigenvalue weighted by molar-refractivity contribution is 5.45. The van der Waals surface area contributed by atoms with Gasteiger partial charge in [-0.1, -0.05) is 6.07 Å². The lowest BCUT2D eigenvalue weighted by molar-refractivity contribution is -0.137. The van der Waals surface area contributed by atoms with E-state index in [0.29, 0.717) is 6.54 Å². The molecule has 24 heavy (non-hydrogen) atoms. The first kappa shape index (κ1) is 16.7. The average Bonchev–Trinajstić information content (AvgIpc) is 2.94. The van der Waals surface area contributed by atoms with Crippen LogP contribution in [0.5, 0.6) is 0 Å². The Morgan fingerprint density at radius 2 is 2.04 bits per heavy atom. The number of aromatic nitrogens is 2. The first-order valence-corrected chi connectivity index (χ1v) is 7.83. The number of alkyl halides is 3. The van der Waals surface area contributed by atoms with Crippen molar-refractivity contribution in [2.45, 2.75) is 18.6 Å². The van der Waals surface area contributed by atoms with E-state index in [9.17, 15) is 13.2 Å². The Morgan fingerprint density at radius 1 is 1.25 bits per heavy atom. The van der Waals surface area contributed by atoms with Crippen LogP contribution in [0, 0.1) is 5.92 Å². The van der Waals surface area contributed by atoms with E-state index >= 15 is 0 Å². The topological polar surface area (TPSA) is 41.0 Å². The van der Waals surface area contributed by atoms with Gasteiger partial charge in [-0.2, -0.15) is 13.2 Å². The van der Waals surface area contributed by atoms with Gasteiger partial charge in [0.1, 0.15) is 5.82 Å². The lowest BCUT2D eigenvalue weighted by atomic mass is 9.94. The van der Waals surface area contributed by atoms with Gasteiger partial charge in [0.15, 0.2) is 0 Å². The van der Waals surface area contributed by atoms with Crippen LogP contribution < -0.4 is 5.32 Å². The monoisotopic (exact) mass is 336 g/mol. The molecule has 0 amide bonds. The first-order chi connectivity index (χ1) is 11.5. The molecule has 0 spiro atoms. The van der Waals surface area contributed by atoms with Gasteiger partial charge in [0.05, 0.1) is 5.56 Å². The zero-order chi connectivity index (χ0) is 17.2. The van der Waals surface area contributed by atoms with Gasteiger partial charge in [-0.25, -0.2) is 4.98 Å². The molecule has 128 valence electrons. The van der Waals surface area contributed by atoms with E-state index < -0.39 is 11.7 Å². The van der Waals surface area contributed by atoms with Gasteiger partial charge >= 0.3 is 6.18 Å². The van der Waals surface area contributed by atoms with Crippen molar-refractivity contribution in [3.63, 3.8) is 0 Å². The fourth-order valence-electron chi connectivity index (χ4n) is 3.32. The zero-order valence-corrected chi connectivity index (χ0v) is 13.3. The molecule has 0 saturated carbocycles. The van der Waals surface area contributed by atoms with Crippen LogP contribution in [0.15, 0.2) is 42.9 Å². The van der Waals surface area contributed by atoms with Crippen LogP contribution >= 0.6 is 0 Å². The largest absolute Gasteiger partial charge is 0.419 e. The fourth-order valence-corrected chi connectivity index (χ4v) is 3.32. The molecule has 7 heteroatoms. The van der Waals surface area contributed by atoms with Crippen LogP contribution in [0.1, 0.15) is 23.6 Å². The van der Waals surface area contributed by atoms with Crippen LogP contribution in [-0.4, -0.2) is 35.0 Å². The standard InChI is InChI=1S/C17H19F3N4/c1-24-9-6-13(15(24)12-4-2-7-21-10-12)11-23-16-14(17(18,19)20)5-3-8-22-16/h2-5,7-8,10,13,15H,6,9,11H2,1H3,(H,22,23)/t13-,15-/m0/s1. The van der Waals surface area contributed by atoms with Gasteiger partial charge in [0.25, 0.3) is 0 Å². The van der Waals surface area contributed by atoms with E-state index in [1.54, 1.807) is 6.20 Å². The van der Waals surface area contributed by atoms with Gasteiger partial charge < -0.3 is 5.32 Å². The maximum Gasteiger partial charge on any atom is 0.419 e. The van der Waals surface area contributed by atoms with E-state index in [-0.39, 0.29) is 17.8 Å². The number of rotatable bonds is 4. The number of nitrogens with one attached hydrogen (secondary N) is 1. The molecule has 0 aliphatic carbocycles. The van der Waals surface area contributed by atoms with Crippen LogP contribution in [-0.2, 0) is 6.18 Å². The molecule has 3 rings (SSSR count). The Bertz CT molecular complexity index is 675. The van der Waals surface area contributed by atoms with E-state index in [1.165, 1.54) is 12.3 Å². The molecule has 1 fully saturated rings. The van der Waals surface area contributed by atoms with Crippen LogP contribution in [0.25, 0.3) is 0 Å². The van der Waals surface area contributed by atoms with Gasteiger partial charge in [-0.05, 0) is 49.7 Å². The minimum absolute atomic E-state index is 0.107. The molecule has 0 unspecified atom stereocenters. The Morgan fingerprint density at radius 3 is 2.75 bits per heavy atom. The number of nitrogens with zero attached hydrogens (tertiary/aromatic N) is 3. The first-order valence-electron chi connectivity index (χ1n) is 7.83. The minimum atomic E-state index is -4.41. The Labute approximate surface area is 138 Å². The average molecular weight is 336 g/mol. The number of hydrogen-bond acceptors (Lipinski definition) is 4. The van der Waals surface area contributed by atoms with Crippen molar-refractivity contribution in [3.8, 4) is 0 Å². The maximum absolute atomic E-state index is 13.1. The van der Waals surface area contributed by atoms with Crippen LogP contribution in [0.3, 0.4) is 0 Å². The van der Waals surface area contributed by atoms with Crippen LogP contribution in [0.2, 0.25) is 0 Å². The molecule has 0 bridgehead atoms. The molecule has 1 N–H and O–H groups in total. The van der Waals surface area contributed by atoms with E-state index in [1.807, 2.05) is 25.4 Å². The molecule has 1 saturated heterocycles. The lowest BCUT2D eigenvalue weighted by Gasteiger charge is -2.26. The summed E-state index contributed by atoms with van der Waals surface area (Å²) >= 11 is 0. The minimum Gasteiger partial charge on any atom is -0.369 e. The summed E-state index contributed by atoms with van der Waals surface area (Å²) in [7, 11) is 2.03. The predicted octanol–water partition coefficient (Wildman–Crippen LogP) is 3.60. The summed E-state index contributed by atoms with van der Waals surface area (Å²) in [6.45, 7) is 1.34. The molecular weight excluding hydrogens is 317 g/mol. The normalized spacial score (nSPS) is 21.8. The number of hydrogen-bond donors (Lipinski definition) is 1. The van der Waals surface area contributed by atoms with Gasteiger partial charge in [0, 0.05) is 31.2 Å². The van der Waals surface area contributed by atoms with Crippen LogP contribution in [0.4, 0.5) is 19.0 Å². The van der Waals surface area contributed by atoms with Gasteiger partial charge in [0.2, 0.25) is 0 Å². The zero-order valence-electron chi connectivity index (χ0n) is 13.3. The highest BCUT2D eigenvalue weighted by atomic mass is 19.4. The van der Waals surface area contributed by atoms with E-state index in [2.05, 4.69) is 20.2 Å². The van der Waals surface area contributed by atoms with Gasteiger partial charge in [-0.3, -0.25) is 9.88 Å². The Hall–Kier alpha value is -2.15. The molecular formula is C17H19F3N4. The molecule has 2 aromatic heterocycles. The van der Waals surface area contributed by atoms with Crippen molar-refractivity contribution in [2.75, 3.05) is 25.5 Å². The SMILES string of the molecule is CN1CC[C@@H](CNc2ncccc2C(F)(F)F)[C@@H]1c1cccnc1. The second-order valence-electron chi connectivity index (χ2n) is 6.04. The smallest absolute Gasteiger partial charge is 0.369 e. The molecule has 0 aromatic carbocycles. The summed E-state index contributed by atoms with van der Waals surface area (Å²) in [5.74, 6) is 0.0896. The predicted molar refractivity (Wildman–Crippen MR) is 85.4 cm³/mol. The third-order valence-corrected chi connectivity index (χ3v) is 4.44. The molecule has 0 radical (unpaired) electrons. The summed E-state index contributed by atoms with van der Waals surface area (Å²) in [6, 6.07) is 6.38. The number of anilines is 1. The third-order valence-electron chi connectivity index (χ3n) is 4.44. The molecule has 2 aromatic rings. The Balaban J connectivity index is 1.75. The molecule has 1 aliphatic rings. The molecule has 3 heterocycles. The van der Waals surface area contributed by atoms with Crippen molar-refractivity contribution in [2.24, 2.45) is 5.92 Å². The molecule has 2 atom stereocenters.